The summed E-state index contributed by atoms with van der Waals surface area (Å²) in [5.41, 5.74) is 0. The molecule has 1 amide bonds. The van der Waals surface area contributed by atoms with Crippen LogP contribution in [-0.2, 0) is 18.4 Å². The second-order valence-electron chi connectivity index (χ2n) is 21.4. The summed E-state index contributed by atoms with van der Waals surface area (Å²) in [4.78, 5) is 25.5. The Morgan fingerprint density at radius 1 is 0.522 bits per heavy atom. The van der Waals surface area contributed by atoms with Crippen LogP contribution in [0.1, 0.15) is 290 Å². The molecule has 0 fully saturated rings. The van der Waals surface area contributed by atoms with E-state index in [2.05, 4.69) is 43.5 Å². The van der Waals surface area contributed by atoms with Crippen LogP contribution in [-0.4, -0.2) is 68.5 Å². The van der Waals surface area contributed by atoms with Gasteiger partial charge in [0.2, 0.25) is 5.91 Å². The van der Waals surface area contributed by atoms with Crippen molar-refractivity contribution >= 4 is 13.7 Å². The molecule has 0 heterocycles. The highest BCUT2D eigenvalue weighted by Crippen LogP contribution is 2.38. The van der Waals surface area contributed by atoms with Crippen molar-refractivity contribution in [2.75, 3.05) is 40.9 Å². The molecule has 0 aromatic heterocycles. The van der Waals surface area contributed by atoms with Crippen molar-refractivity contribution in [2.24, 2.45) is 0 Å². The Morgan fingerprint density at radius 2 is 0.866 bits per heavy atom. The van der Waals surface area contributed by atoms with Crippen LogP contribution in [0.3, 0.4) is 0 Å². The molecule has 0 bridgehead atoms. The summed E-state index contributed by atoms with van der Waals surface area (Å²) in [6.07, 6.45) is 62.1. The van der Waals surface area contributed by atoms with Crippen molar-refractivity contribution in [3.8, 4) is 0 Å². The Hall–Kier alpha value is -1.02. The number of carbonyl (C=O) groups excluding carboxylic acids is 1. The van der Waals surface area contributed by atoms with Gasteiger partial charge in [-0.05, 0) is 44.9 Å². The number of phosphoric ester groups is 1. The summed E-state index contributed by atoms with van der Waals surface area (Å²) >= 11 is 0. The first-order valence-corrected chi connectivity index (χ1v) is 30.6. The largest absolute Gasteiger partial charge is 0.756 e. The molecule has 3 unspecified atom stereocenters. The van der Waals surface area contributed by atoms with E-state index < -0.39 is 20.0 Å². The summed E-state index contributed by atoms with van der Waals surface area (Å²) in [7, 11) is 1.31. The van der Waals surface area contributed by atoms with Crippen molar-refractivity contribution in [3.63, 3.8) is 0 Å². The molecule has 0 saturated heterocycles. The number of nitrogens with one attached hydrogen (secondary N) is 1. The Balaban J connectivity index is 4.10. The molecule has 0 aliphatic carbocycles. The van der Waals surface area contributed by atoms with Crippen molar-refractivity contribution in [3.05, 3.63) is 24.3 Å². The van der Waals surface area contributed by atoms with Gasteiger partial charge in [0.05, 0.1) is 39.9 Å². The van der Waals surface area contributed by atoms with E-state index in [9.17, 15) is 19.4 Å². The second kappa shape index (κ2) is 49.9. The summed E-state index contributed by atoms with van der Waals surface area (Å²) in [5.74, 6) is -0.169. The van der Waals surface area contributed by atoms with E-state index in [1.165, 1.54) is 212 Å². The highest BCUT2D eigenvalue weighted by Gasteiger charge is 2.24. The lowest BCUT2D eigenvalue weighted by Gasteiger charge is -2.30. The van der Waals surface area contributed by atoms with Crippen LogP contribution in [0.5, 0.6) is 0 Å². The van der Waals surface area contributed by atoms with Crippen LogP contribution < -0.4 is 10.2 Å². The lowest BCUT2D eigenvalue weighted by Crippen LogP contribution is -2.46. The van der Waals surface area contributed by atoms with E-state index in [-0.39, 0.29) is 19.1 Å². The number of nitrogens with zero attached hydrogens (tertiary/aromatic N) is 1. The van der Waals surface area contributed by atoms with E-state index >= 15 is 0 Å². The van der Waals surface area contributed by atoms with Crippen molar-refractivity contribution in [1.29, 1.82) is 0 Å². The maximum Gasteiger partial charge on any atom is 0.268 e. The van der Waals surface area contributed by atoms with Crippen LogP contribution in [0, 0.1) is 0 Å². The molecule has 67 heavy (non-hydrogen) atoms. The number of aliphatic hydroxyl groups excluding tert-OH is 1. The minimum atomic E-state index is -4.57. The summed E-state index contributed by atoms with van der Waals surface area (Å²) in [5, 5.41) is 14.0. The maximum absolute atomic E-state index is 13.0. The Bertz CT molecular complexity index is 1140. The molecule has 0 aromatic carbocycles. The average molecular weight is 968 g/mol. The SMILES string of the molecule is CCCCC/C=C\C/C=C\CCCCCCCCCC(=O)NC(COP(=O)([O-])OCC[N+](C)(C)C)C(O)CCCCCCCCCCCCCCCCCCCCCCCCCCCCCC. The van der Waals surface area contributed by atoms with Gasteiger partial charge in [-0.2, -0.15) is 0 Å². The van der Waals surface area contributed by atoms with Crippen molar-refractivity contribution in [2.45, 2.75) is 302 Å². The minimum absolute atomic E-state index is 0.0116. The Kier molecular flexibility index (Phi) is 49.2. The number of carbonyl (C=O) groups is 1. The minimum Gasteiger partial charge on any atom is -0.756 e. The van der Waals surface area contributed by atoms with E-state index in [0.717, 1.165) is 51.4 Å². The third-order valence-electron chi connectivity index (χ3n) is 13.4. The first kappa shape index (κ1) is 66.0. The van der Waals surface area contributed by atoms with Crippen LogP contribution in [0.4, 0.5) is 0 Å². The fraction of sp³-hybridized carbons (Fsp3) is 0.914. The molecule has 3 atom stereocenters. The molecule has 8 nitrogen and oxygen atoms in total. The van der Waals surface area contributed by atoms with Crippen LogP contribution >= 0.6 is 7.82 Å². The monoisotopic (exact) mass is 967 g/mol. The molecule has 0 aromatic rings. The van der Waals surface area contributed by atoms with Gasteiger partial charge < -0.3 is 28.8 Å². The van der Waals surface area contributed by atoms with Gasteiger partial charge in [0, 0.05) is 6.42 Å². The average Bonchev–Trinajstić information content (AvgIpc) is 3.29. The van der Waals surface area contributed by atoms with E-state index in [1.807, 2.05) is 21.1 Å². The molecule has 2 N–H and O–H groups in total. The lowest BCUT2D eigenvalue weighted by atomic mass is 10.0. The van der Waals surface area contributed by atoms with Gasteiger partial charge in [0.15, 0.2) is 0 Å². The van der Waals surface area contributed by atoms with E-state index in [4.69, 9.17) is 9.05 Å². The number of hydrogen-bond donors (Lipinski definition) is 2. The lowest BCUT2D eigenvalue weighted by molar-refractivity contribution is -0.870. The topological polar surface area (TPSA) is 108 Å². The highest BCUT2D eigenvalue weighted by molar-refractivity contribution is 7.45. The van der Waals surface area contributed by atoms with Crippen LogP contribution in [0.2, 0.25) is 0 Å². The first-order valence-electron chi connectivity index (χ1n) is 29.2. The number of aliphatic hydroxyl groups is 1. The number of amides is 1. The Labute approximate surface area is 417 Å². The second-order valence-corrected chi connectivity index (χ2v) is 22.8. The van der Waals surface area contributed by atoms with Crippen LogP contribution in [0.15, 0.2) is 24.3 Å². The molecular formula is C58H115N2O6P. The number of hydrogen-bond acceptors (Lipinski definition) is 6. The molecule has 0 radical (unpaired) electrons. The zero-order valence-electron chi connectivity index (χ0n) is 45.4. The maximum atomic E-state index is 13.0. The van der Waals surface area contributed by atoms with E-state index in [1.54, 1.807) is 0 Å². The highest BCUT2D eigenvalue weighted by atomic mass is 31.2. The number of likely N-dealkylation sites (N-methyl/N-ethyl adjacent to an activating group) is 1. The van der Waals surface area contributed by atoms with Gasteiger partial charge in [-0.3, -0.25) is 9.36 Å². The summed E-state index contributed by atoms with van der Waals surface area (Å²) in [6, 6.07) is -0.804. The third-order valence-corrected chi connectivity index (χ3v) is 14.4. The molecule has 0 aliphatic heterocycles. The molecule has 0 saturated carbocycles. The fourth-order valence-corrected chi connectivity index (χ4v) is 9.56. The number of rotatable bonds is 54. The van der Waals surface area contributed by atoms with Crippen molar-refractivity contribution < 1.29 is 32.9 Å². The van der Waals surface area contributed by atoms with Gasteiger partial charge in [-0.15, -0.1) is 0 Å². The standard InChI is InChI=1S/C58H115N2O6P/c1-6-8-10-12-14-16-18-20-22-24-25-26-27-28-29-30-31-32-33-34-36-37-39-41-43-45-47-49-51-57(61)56(55-66-67(63,64)65-54-53-60(3,4)5)59-58(62)52-50-48-46-44-42-40-38-35-23-21-19-17-15-13-11-9-7-2/h15,17,21,23,56-57,61H,6-14,16,18-20,22,24-55H2,1-5H3,(H-,59,62,63,64)/b17-15-,23-21-. The third kappa shape index (κ3) is 52.6. The molecule has 0 aliphatic rings. The van der Waals surface area contributed by atoms with Gasteiger partial charge in [-0.1, -0.05) is 263 Å². The molecule has 0 rings (SSSR count). The fourth-order valence-electron chi connectivity index (χ4n) is 8.84. The van der Waals surface area contributed by atoms with E-state index in [0.29, 0.717) is 23.9 Å². The first-order chi connectivity index (χ1) is 32.5. The van der Waals surface area contributed by atoms with Crippen LogP contribution in [0.25, 0.3) is 0 Å². The Morgan fingerprint density at radius 3 is 1.27 bits per heavy atom. The summed E-state index contributed by atoms with van der Waals surface area (Å²) in [6.45, 7) is 4.73. The molecule has 9 heteroatoms. The smallest absolute Gasteiger partial charge is 0.268 e. The predicted octanol–water partition coefficient (Wildman–Crippen LogP) is 17.0. The number of unbranched alkanes of at least 4 members (excludes halogenated alkanes) is 37. The zero-order valence-corrected chi connectivity index (χ0v) is 46.3. The number of quaternary nitrogens is 1. The molecular weight excluding hydrogens is 852 g/mol. The summed E-state index contributed by atoms with van der Waals surface area (Å²) < 4.78 is 23.4. The van der Waals surface area contributed by atoms with Gasteiger partial charge in [-0.25, -0.2) is 0 Å². The quantitative estimate of drug-likeness (QED) is 0.0272. The molecule has 398 valence electrons. The van der Waals surface area contributed by atoms with Gasteiger partial charge >= 0.3 is 0 Å². The number of allylic oxidation sites excluding steroid dienone is 4. The van der Waals surface area contributed by atoms with Gasteiger partial charge in [0.1, 0.15) is 13.2 Å². The van der Waals surface area contributed by atoms with Gasteiger partial charge in [0.25, 0.3) is 7.82 Å². The van der Waals surface area contributed by atoms with Crippen molar-refractivity contribution in [1.82, 2.24) is 5.32 Å². The normalized spacial score (nSPS) is 14.1. The predicted molar refractivity (Wildman–Crippen MR) is 289 cm³/mol. The number of phosphoric acid groups is 1. The zero-order chi connectivity index (χ0) is 49.2. The molecule has 0 spiro atoms.